The van der Waals surface area contributed by atoms with Gasteiger partial charge in [0.1, 0.15) is 18.1 Å². The van der Waals surface area contributed by atoms with Crippen molar-refractivity contribution in [2.45, 2.75) is 70.6 Å². The number of hydrogen-bond donors (Lipinski definition) is 6. The van der Waals surface area contributed by atoms with Crippen molar-refractivity contribution in [2.75, 3.05) is 0 Å². The van der Waals surface area contributed by atoms with Crippen molar-refractivity contribution in [3.05, 3.63) is 35.9 Å². The molecule has 0 spiro atoms. The smallest absolute Gasteiger partial charge is 0.325 e. The molecule has 4 amide bonds. The van der Waals surface area contributed by atoms with Gasteiger partial charge in [0.05, 0.1) is 6.04 Å². The van der Waals surface area contributed by atoms with Gasteiger partial charge >= 0.3 is 5.97 Å². The number of rotatable bonds is 14. The number of nitrogens with one attached hydrogen (secondary N) is 3. The zero-order valence-electron chi connectivity index (χ0n) is 19.7. The molecule has 1 aromatic rings. The van der Waals surface area contributed by atoms with Gasteiger partial charge in [-0.05, 0) is 37.7 Å². The van der Waals surface area contributed by atoms with E-state index in [0.29, 0.717) is 0 Å². The molecule has 0 aliphatic carbocycles. The van der Waals surface area contributed by atoms with Gasteiger partial charge in [-0.2, -0.15) is 0 Å². The summed E-state index contributed by atoms with van der Waals surface area (Å²) >= 11 is 0. The second-order valence-electron chi connectivity index (χ2n) is 8.62. The molecule has 188 valence electrons. The Morgan fingerprint density at radius 3 is 1.97 bits per heavy atom. The first-order chi connectivity index (χ1) is 15.9. The van der Waals surface area contributed by atoms with Crippen molar-refractivity contribution in [3.63, 3.8) is 0 Å². The van der Waals surface area contributed by atoms with Crippen LogP contribution in [0, 0.1) is 5.92 Å². The number of nitrogens with two attached hydrogens (primary N) is 2. The molecule has 0 aliphatic heterocycles. The molecule has 0 saturated carbocycles. The summed E-state index contributed by atoms with van der Waals surface area (Å²) in [6.45, 7) is 4.97. The molecule has 0 saturated heterocycles. The van der Waals surface area contributed by atoms with Gasteiger partial charge in [-0.1, -0.05) is 44.2 Å². The molecule has 34 heavy (non-hydrogen) atoms. The summed E-state index contributed by atoms with van der Waals surface area (Å²) in [7, 11) is 0. The zero-order valence-corrected chi connectivity index (χ0v) is 19.7. The van der Waals surface area contributed by atoms with Crippen molar-refractivity contribution in [1.29, 1.82) is 0 Å². The summed E-state index contributed by atoms with van der Waals surface area (Å²) in [5.74, 6) is -3.86. The van der Waals surface area contributed by atoms with E-state index in [-0.39, 0.29) is 31.6 Å². The van der Waals surface area contributed by atoms with Gasteiger partial charge in [-0.25, -0.2) is 0 Å². The Hall–Kier alpha value is -3.47. The average Bonchev–Trinajstić information content (AvgIpc) is 2.75. The second kappa shape index (κ2) is 13.9. The summed E-state index contributed by atoms with van der Waals surface area (Å²) in [5.41, 5.74) is 12.0. The highest BCUT2D eigenvalue weighted by Gasteiger charge is 2.30. The first-order valence-corrected chi connectivity index (χ1v) is 11.1. The maximum Gasteiger partial charge on any atom is 0.325 e. The standard InChI is InChI=1S/C23H35N5O6/c1-13(2)11-18(22(32)26-14(3)23(33)34)28-21(31)17(9-10-19(25)29)27-20(30)16(24)12-15-7-5-4-6-8-15/h4-8,13-14,16-18H,9-12,24H2,1-3H3,(H2,25,29)(H,26,32)(H,27,30)(H,28,31)(H,33,34). The maximum atomic E-state index is 13.0. The SMILES string of the molecule is CC(C)CC(NC(=O)C(CCC(N)=O)NC(=O)C(N)Cc1ccccc1)C(=O)NC(C)C(=O)O. The lowest BCUT2D eigenvalue weighted by atomic mass is 10.0. The van der Waals surface area contributed by atoms with Crippen molar-refractivity contribution in [1.82, 2.24) is 16.0 Å². The van der Waals surface area contributed by atoms with Crippen molar-refractivity contribution in [2.24, 2.45) is 17.4 Å². The lowest BCUT2D eigenvalue weighted by Crippen LogP contribution is -2.57. The van der Waals surface area contributed by atoms with Gasteiger partial charge in [0.15, 0.2) is 0 Å². The van der Waals surface area contributed by atoms with Gasteiger partial charge in [0.25, 0.3) is 0 Å². The van der Waals surface area contributed by atoms with Crippen molar-refractivity contribution >= 4 is 29.6 Å². The second-order valence-corrected chi connectivity index (χ2v) is 8.62. The number of carboxylic acids is 1. The Morgan fingerprint density at radius 2 is 1.44 bits per heavy atom. The van der Waals surface area contributed by atoms with Gasteiger partial charge < -0.3 is 32.5 Å². The van der Waals surface area contributed by atoms with Gasteiger partial charge in [-0.15, -0.1) is 0 Å². The number of hydrogen-bond acceptors (Lipinski definition) is 6. The van der Waals surface area contributed by atoms with E-state index in [1.807, 2.05) is 44.2 Å². The van der Waals surface area contributed by atoms with E-state index in [1.165, 1.54) is 6.92 Å². The number of primary amides is 1. The molecule has 0 aliphatic rings. The molecule has 1 rings (SSSR count). The predicted octanol–water partition coefficient (Wildman–Crippen LogP) is -0.573. The van der Waals surface area contributed by atoms with Crippen LogP contribution >= 0.6 is 0 Å². The third-order valence-corrected chi connectivity index (χ3v) is 5.02. The number of carbonyl (C=O) groups is 5. The third kappa shape index (κ3) is 10.4. The van der Waals surface area contributed by atoms with Crippen LogP contribution in [0.5, 0.6) is 0 Å². The predicted molar refractivity (Wildman–Crippen MR) is 125 cm³/mol. The Labute approximate surface area is 199 Å². The quantitative estimate of drug-likeness (QED) is 0.206. The molecule has 11 heteroatoms. The third-order valence-electron chi connectivity index (χ3n) is 5.02. The lowest BCUT2D eigenvalue weighted by molar-refractivity contribution is -0.142. The maximum absolute atomic E-state index is 13.0. The highest BCUT2D eigenvalue weighted by atomic mass is 16.4. The van der Waals surface area contributed by atoms with Crippen LogP contribution in [-0.4, -0.2) is 58.9 Å². The van der Waals surface area contributed by atoms with E-state index in [0.717, 1.165) is 5.56 Å². The number of carbonyl (C=O) groups excluding carboxylic acids is 4. The summed E-state index contributed by atoms with van der Waals surface area (Å²) in [4.78, 5) is 60.6. The van der Waals surface area contributed by atoms with E-state index in [4.69, 9.17) is 16.6 Å². The van der Waals surface area contributed by atoms with Crippen LogP contribution in [0.15, 0.2) is 30.3 Å². The van der Waals surface area contributed by atoms with Gasteiger partial charge in [-0.3, -0.25) is 24.0 Å². The van der Waals surface area contributed by atoms with Crippen LogP contribution in [0.4, 0.5) is 0 Å². The molecule has 4 unspecified atom stereocenters. The average molecular weight is 478 g/mol. The monoisotopic (exact) mass is 477 g/mol. The highest BCUT2D eigenvalue weighted by molar-refractivity contribution is 5.94. The molecule has 0 radical (unpaired) electrons. The van der Waals surface area contributed by atoms with E-state index >= 15 is 0 Å². The van der Waals surface area contributed by atoms with Crippen LogP contribution in [0.2, 0.25) is 0 Å². The van der Waals surface area contributed by atoms with E-state index in [9.17, 15) is 24.0 Å². The summed E-state index contributed by atoms with van der Waals surface area (Å²) < 4.78 is 0. The molecule has 4 atom stereocenters. The number of aliphatic carboxylic acids is 1. The minimum atomic E-state index is -1.22. The fourth-order valence-electron chi connectivity index (χ4n) is 3.15. The topological polar surface area (TPSA) is 194 Å². The van der Waals surface area contributed by atoms with Crippen LogP contribution in [0.3, 0.4) is 0 Å². The molecule has 8 N–H and O–H groups in total. The highest BCUT2D eigenvalue weighted by Crippen LogP contribution is 2.08. The largest absolute Gasteiger partial charge is 0.480 e. The first kappa shape index (κ1) is 28.6. The minimum Gasteiger partial charge on any atom is -0.480 e. The van der Waals surface area contributed by atoms with Crippen LogP contribution < -0.4 is 27.4 Å². The molecule has 1 aromatic carbocycles. The van der Waals surface area contributed by atoms with E-state index in [2.05, 4.69) is 16.0 Å². The summed E-state index contributed by atoms with van der Waals surface area (Å²) in [6, 6.07) is 4.79. The molecule has 0 bridgehead atoms. The molecule has 0 heterocycles. The molecule has 11 nitrogen and oxygen atoms in total. The van der Waals surface area contributed by atoms with Crippen molar-refractivity contribution in [3.8, 4) is 0 Å². The fourth-order valence-corrected chi connectivity index (χ4v) is 3.15. The van der Waals surface area contributed by atoms with Crippen LogP contribution in [0.25, 0.3) is 0 Å². The van der Waals surface area contributed by atoms with Crippen LogP contribution in [0.1, 0.15) is 45.6 Å². The first-order valence-electron chi connectivity index (χ1n) is 11.1. The Kier molecular flexibility index (Phi) is 11.7. The minimum absolute atomic E-state index is 0.00543. The Balaban J connectivity index is 2.93. The van der Waals surface area contributed by atoms with Crippen LogP contribution in [-0.2, 0) is 30.4 Å². The molecule has 0 aromatic heterocycles. The number of carboxylic acid groups (broad SMARTS) is 1. The fraction of sp³-hybridized carbons (Fsp3) is 0.522. The summed E-state index contributed by atoms with van der Waals surface area (Å²) in [5, 5.41) is 16.5. The zero-order chi connectivity index (χ0) is 25.8. The lowest BCUT2D eigenvalue weighted by Gasteiger charge is -2.25. The van der Waals surface area contributed by atoms with E-state index < -0.39 is 53.8 Å². The molecular weight excluding hydrogens is 442 g/mol. The number of benzene rings is 1. The number of amides is 4. The normalized spacial score (nSPS) is 14.4. The molecule has 0 fully saturated rings. The van der Waals surface area contributed by atoms with Crippen molar-refractivity contribution < 1.29 is 29.1 Å². The van der Waals surface area contributed by atoms with E-state index in [1.54, 1.807) is 0 Å². The Morgan fingerprint density at radius 1 is 0.882 bits per heavy atom. The van der Waals surface area contributed by atoms with Gasteiger partial charge in [0.2, 0.25) is 23.6 Å². The van der Waals surface area contributed by atoms with Gasteiger partial charge in [0, 0.05) is 6.42 Å². The summed E-state index contributed by atoms with van der Waals surface area (Å²) in [6.07, 6.45) is 0.200. The Bertz CT molecular complexity index is 861. The molecular formula is C23H35N5O6.